The van der Waals surface area contributed by atoms with E-state index in [0.717, 1.165) is 19.0 Å². The predicted molar refractivity (Wildman–Crippen MR) is 74.4 cm³/mol. The lowest BCUT2D eigenvalue weighted by molar-refractivity contribution is -0.384. The number of hydrogen-bond acceptors (Lipinski definition) is 7. The van der Waals surface area contributed by atoms with Gasteiger partial charge in [-0.3, -0.25) is 10.1 Å². The quantitative estimate of drug-likeness (QED) is 0.463. The minimum absolute atomic E-state index is 0.00583. The molecular formula is C12H19N5O3. The molecule has 20 heavy (non-hydrogen) atoms. The van der Waals surface area contributed by atoms with Crippen LogP contribution in [0.2, 0.25) is 0 Å². The molecule has 0 spiro atoms. The first-order valence-corrected chi connectivity index (χ1v) is 6.79. The van der Waals surface area contributed by atoms with Gasteiger partial charge < -0.3 is 15.8 Å². The van der Waals surface area contributed by atoms with E-state index in [0.29, 0.717) is 19.3 Å². The van der Waals surface area contributed by atoms with Crippen molar-refractivity contribution < 1.29 is 9.66 Å². The van der Waals surface area contributed by atoms with E-state index < -0.39 is 4.92 Å². The van der Waals surface area contributed by atoms with Crippen LogP contribution in [0.1, 0.15) is 32.1 Å². The number of hydrogen-bond donors (Lipinski definition) is 2. The first-order valence-electron chi connectivity index (χ1n) is 6.79. The molecule has 1 saturated carbocycles. The molecule has 3 N–H and O–H groups in total. The zero-order chi connectivity index (χ0) is 14.4. The highest BCUT2D eigenvalue weighted by atomic mass is 16.6. The van der Waals surface area contributed by atoms with Gasteiger partial charge in [-0.2, -0.15) is 4.98 Å². The number of aromatic nitrogens is 2. The summed E-state index contributed by atoms with van der Waals surface area (Å²) >= 11 is 0. The van der Waals surface area contributed by atoms with Gasteiger partial charge in [0.05, 0.1) is 17.6 Å². The number of nitro groups is 1. The second-order valence-corrected chi connectivity index (χ2v) is 4.78. The Morgan fingerprint density at radius 1 is 1.45 bits per heavy atom. The molecule has 1 aromatic heterocycles. The average Bonchev–Trinajstić information content (AvgIpc) is 2.44. The van der Waals surface area contributed by atoms with Crippen molar-refractivity contribution in [2.75, 3.05) is 24.2 Å². The van der Waals surface area contributed by atoms with Crippen molar-refractivity contribution in [1.82, 2.24) is 9.97 Å². The molecule has 0 aromatic carbocycles. The summed E-state index contributed by atoms with van der Waals surface area (Å²) in [7, 11) is 0. The van der Waals surface area contributed by atoms with E-state index in [1.807, 2.05) is 0 Å². The number of nitrogens with one attached hydrogen (secondary N) is 1. The predicted octanol–water partition coefficient (Wildman–Crippen LogP) is 1.73. The maximum absolute atomic E-state index is 10.8. The van der Waals surface area contributed by atoms with E-state index in [2.05, 4.69) is 15.3 Å². The SMILES string of the molecule is Nc1ncc([N+](=O)[O-])c(NCCOC2CCCCC2)n1. The normalized spacial score (nSPS) is 16.0. The van der Waals surface area contributed by atoms with Crippen LogP contribution in [0.3, 0.4) is 0 Å². The average molecular weight is 281 g/mol. The Kier molecular flexibility index (Phi) is 5.05. The molecule has 0 aliphatic heterocycles. The van der Waals surface area contributed by atoms with Crippen LogP contribution in [0.25, 0.3) is 0 Å². The maximum atomic E-state index is 10.8. The number of anilines is 2. The van der Waals surface area contributed by atoms with Gasteiger partial charge in [0.15, 0.2) is 0 Å². The zero-order valence-corrected chi connectivity index (χ0v) is 11.2. The monoisotopic (exact) mass is 281 g/mol. The summed E-state index contributed by atoms with van der Waals surface area (Å²) in [5.74, 6) is 0.140. The molecule has 0 saturated heterocycles. The molecule has 8 nitrogen and oxygen atoms in total. The van der Waals surface area contributed by atoms with E-state index in [4.69, 9.17) is 10.5 Å². The van der Waals surface area contributed by atoms with Gasteiger partial charge >= 0.3 is 5.69 Å². The van der Waals surface area contributed by atoms with Gasteiger partial charge in [0, 0.05) is 6.54 Å². The topological polar surface area (TPSA) is 116 Å². The van der Waals surface area contributed by atoms with Gasteiger partial charge in [-0.25, -0.2) is 4.98 Å². The first kappa shape index (κ1) is 14.4. The van der Waals surface area contributed by atoms with Gasteiger partial charge in [0.2, 0.25) is 11.8 Å². The molecule has 0 unspecified atom stereocenters. The van der Waals surface area contributed by atoms with Crippen molar-refractivity contribution in [3.8, 4) is 0 Å². The lowest BCUT2D eigenvalue weighted by Gasteiger charge is -2.22. The van der Waals surface area contributed by atoms with E-state index in [1.165, 1.54) is 19.3 Å². The number of rotatable bonds is 6. The molecule has 2 rings (SSSR count). The molecule has 1 aliphatic carbocycles. The fraction of sp³-hybridized carbons (Fsp3) is 0.667. The largest absolute Gasteiger partial charge is 0.376 e. The number of ether oxygens (including phenoxy) is 1. The standard InChI is InChI=1S/C12H19N5O3/c13-12-15-8-10(17(18)19)11(16-12)14-6-7-20-9-4-2-1-3-5-9/h8-9H,1-7H2,(H3,13,14,15,16). The third-order valence-electron chi connectivity index (χ3n) is 3.29. The van der Waals surface area contributed by atoms with E-state index in [1.54, 1.807) is 0 Å². The summed E-state index contributed by atoms with van der Waals surface area (Å²) in [4.78, 5) is 17.7. The summed E-state index contributed by atoms with van der Waals surface area (Å²) in [6, 6.07) is 0. The van der Waals surface area contributed by atoms with Crippen LogP contribution in [0.15, 0.2) is 6.20 Å². The van der Waals surface area contributed by atoms with E-state index in [9.17, 15) is 10.1 Å². The van der Waals surface area contributed by atoms with Gasteiger partial charge in [0.1, 0.15) is 6.20 Å². The van der Waals surface area contributed by atoms with Crippen LogP contribution in [0.5, 0.6) is 0 Å². The fourth-order valence-corrected chi connectivity index (χ4v) is 2.28. The first-order chi connectivity index (χ1) is 9.66. The molecule has 1 aliphatic rings. The Morgan fingerprint density at radius 3 is 2.90 bits per heavy atom. The lowest BCUT2D eigenvalue weighted by atomic mass is 9.98. The van der Waals surface area contributed by atoms with Crippen molar-refractivity contribution in [2.45, 2.75) is 38.2 Å². The van der Waals surface area contributed by atoms with Crippen LogP contribution in [0.4, 0.5) is 17.5 Å². The van der Waals surface area contributed by atoms with Crippen molar-refractivity contribution >= 4 is 17.5 Å². The summed E-state index contributed by atoms with van der Waals surface area (Å²) in [6.45, 7) is 0.944. The van der Waals surface area contributed by atoms with Crippen molar-refractivity contribution in [3.63, 3.8) is 0 Å². The fourth-order valence-electron chi connectivity index (χ4n) is 2.28. The number of nitrogens with zero attached hydrogens (tertiary/aromatic N) is 3. The van der Waals surface area contributed by atoms with E-state index >= 15 is 0 Å². The highest BCUT2D eigenvalue weighted by molar-refractivity contribution is 5.56. The van der Waals surface area contributed by atoms with Crippen LogP contribution >= 0.6 is 0 Å². The van der Waals surface area contributed by atoms with Crippen molar-refractivity contribution in [3.05, 3.63) is 16.3 Å². The summed E-state index contributed by atoms with van der Waals surface area (Å²) < 4.78 is 5.73. The third kappa shape index (κ3) is 4.02. The minimum atomic E-state index is -0.538. The lowest BCUT2D eigenvalue weighted by Crippen LogP contribution is -2.21. The van der Waals surface area contributed by atoms with Gasteiger partial charge in [-0.1, -0.05) is 19.3 Å². The Labute approximate surface area is 116 Å². The van der Waals surface area contributed by atoms with Crippen LogP contribution < -0.4 is 11.1 Å². The Morgan fingerprint density at radius 2 is 2.20 bits per heavy atom. The van der Waals surface area contributed by atoms with Crippen LogP contribution in [0, 0.1) is 10.1 Å². The molecule has 0 radical (unpaired) electrons. The van der Waals surface area contributed by atoms with Crippen LogP contribution in [-0.4, -0.2) is 34.1 Å². The Hall–Kier alpha value is -1.96. The summed E-state index contributed by atoms with van der Waals surface area (Å²) in [5.41, 5.74) is 5.25. The number of nitrogens with two attached hydrogens (primary N) is 1. The van der Waals surface area contributed by atoms with E-state index in [-0.39, 0.29) is 17.5 Å². The van der Waals surface area contributed by atoms with Crippen molar-refractivity contribution in [2.24, 2.45) is 0 Å². The molecule has 0 bridgehead atoms. The van der Waals surface area contributed by atoms with Gasteiger partial charge in [0.25, 0.3) is 0 Å². The third-order valence-corrected chi connectivity index (χ3v) is 3.29. The molecule has 8 heteroatoms. The van der Waals surface area contributed by atoms with Crippen molar-refractivity contribution in [1.29, 1.82) is 0 Å². The minimum Gasteiger partial charge on any atom is -0.376 e. The highest BCUT2D eigenvalue weighted by Crippen LogP contribution is 2.22. The summed E-state index contributed by atoms with van der Waals surface area (Å²) in [5, 5.41) is 13.7. The Balaban J connectivity index is 1.81. The second-order valence-electron chi connectivity index (χ2n) is 4.78. The van der Waals surface area contributed by atoms with Gasteiger partial charge in [-0.05, 0) is 12.8 Å². The molecular weight excluding hydrogens is 262 g/mol. The summed E-state index contributed by atoms with van der Waals surface area (Å²) in [6.07, 6.45) is 7.33. The number of nitrogen functional groups attached to an aromatic ring is 1. The Bertz CT molecular complexity index is 462. The molecule has 1 heterocycles. The highest BCUT2D eigenvalue weighted by Gasteiger charge is 2.17. The maximum Gasteiger partial charge on any atom is 0.329 e. The second kappa shape index (κ2) is 6.99. The molecule has 110 valence electrons. The van der Waals surface area contributed by atoms with Crippen LogP contribution in [-0.2, 0) is 4.74 Å². The molecule has 1 fully saturated rings. The zero-order valence-electron chi connectivity index (χ0n) is 11.2. The molecule has 0 atom stereocenters. The molecule has 0 amide bonds. The smallest absolute Gasteiger partial charge is 0.329 e. The van der Waals surface area contributed by atoms with Gasteiger partial charge in [-0.15, -0.1) is 0 Å². The molecule has 1 aromatic rings.